The Labute approximate surface area is 331 Å². The molecule has 0 bridgehead atoms. The summed E-state index contributed by atoms with van der Waals surface area (Å²) in [6.45, 7) is 1.84. The van der Waals surface area contributed by atoms with E-state index in [4.69, 9.17) is 14.2 Å². The van der Waals surface area contributed by atoms with Crippen LogP contribution in [0.5, 0.6) is 11.5 Å². The van der Waals surface area contributed by atoms with Crippen molar-refractivity contribution >= 4 is 35.1 Å². The summed E-state index contributed by atoms with van der Waals surface area (Å²) in [5.74, 6) is 2.05. The van der Waals surface area contributed by atoms with Crippen molar-refractivity contribution in [2.24, 2.45) is 0 Å². The van der Waals surface area contributed by atoms with E-state index >= 15 is 0 Å². The number of hydrogen-bond donors (Lipinski definition) is 4. The number of carbonyl (C=O) groups excluding carboxylic acids is 2. The maximum absolute atomic E-state index is 12.7. The van der Waals surface area contributed by atoms with Gasteiger partial charge in [0.05, 0.1) is 18.8 Å². The number of aliphatic hydroxyl groups is 1. The lowest BCUT2D eigenvalue weighted by atomic mass is 9.99. The molecule has 1 aliphatic heterocycles. The molecule has 4 N–H and O–H groups in total. The average molecular weight is 766 g/mol. The van der Waals surface area contributed by atoms with Gasteiger partial charge in [0, 0.05) is 47.5 Å². The van der Waals surface area contributed by atoms with Crippen molar-refractivity contribution < 1.29 is 28.9 Å². The number of ether oxygens (including phenoxy) is 3. The molecular weight excluding hydrogens is 723 g/mol. The molecule has 0 spiro atoms. The molecule has 1 heterocycles. The molecule has 3 atom stereocenters. The highest BCUT2D eigenvalue weighted by molar-refractivity contribution is 7.99. The SMILES string of the molecule is CC(=O)Nc1ccc(SCC2CC(c3ccc(CO)cc3)OC(c3ccc(-c4cccc(CNC(=O)Nc5ccc(Oc6ccccc6)cc5)c4)cc3)O2)cc1. The molecule has 284 valence electrons. The second-order valence-electron chi connectivity index (χ2n) is 13.4. The second kappa shape index (κ2) is 18.6. The summed E-state index contributed by atoms with van der Waals surface area (Å²) in [6.07, 6.45) is -0.179. The first-order valence-electron chi connectivity index (χ1n) is 18.4. The van der Waals surface area contributed by atoms with Gasteiger partial charge in [0.25, 0.3) is 0 Å². The maximum Gasteiger partial charge on any atom is 0.319 e. The summed E-state index contributed by atoms with van der Waals surface area (Å²) in [5.41, 5.74) is 7.24. The van der Waals surface area contributed by atoms with E-state index < -0.39 is 6.29 Å². The van der Waals surface area contributed by atoms with Gasteiger partial charge >= 0.3 is 6.03 Å². The van der Waals surface area contributed by atoms with Gasteiger partial charge in [-0.1, -0.05) is 84.9 Å². The van der Waals surface area contributed by atoms with Gasteiger partial charge < -0.3 is 35.3 Å². The van der Waals surface area contributed by atoms with Crippen LogP contribution >= 0.6 is 11.8 Å². The summed E-state index contributed by atoms with van der Waals surface area (Å²) in [6, 6.07) is 48.4. The van der Waals surface area contributed by atoms with E-state index in [-0.39, 0.29) is 30.8 Å². The summed E-state index contributed by atoms with van der Waals surface area (Å²) in [4.78, 5) is 25.2. The van der Waals surface area contributed by atoms with Gasteiger partial charge in [-0.25, -0.2) is 4.79 Å². The van der Waals surface area contributed by atoms with Crippen molar-refractivity contribution in [3.8, 4) is 22.6 Å². The van der Waals surface area contributed by atoms with E-state index in [9.17, 15) is 14.7 Å². The van der Waals surface area contributed by atoms with Crippen LogP contribution in [0.15, 0.2) is 157 Å². The van der Waals surface area contributed by atoms with E-state index in [1.807, 2.05) is 121 Å². The van der Waals surface area contributed by atoms with Crippen LogP contribution in [0.4, 0.5) is 16.2 Å². The van der Waals surface area contributed by atoms with Crippen molar-refractivity contribution in [3.63, 3.8) is 0 Å². The van der Waals surface area contributed by atoms with Crippen LogP contribution in [-0.4, -0.2) is 28.9 Å². The Kier molecular flexibility index (Phi) is 12.8. The van der Waals surface area contributed by atoms with Crippen LogP contribution in [0.1, 0.15) is 48.0 Å². The van der Waals surface area contributed by atoms with E-state index in [1.54, 1.807) is 23.9 Å². The lowest BCUT2D eigenvalue weighted by molar-refractivity contribution is -0.245. The predicted molar refractivity (Wildman–Crippen MR) is 221 cm³/mol. The maximum atomic E-state index is 12.7. The molecule has 3 unspecified atom stereocenters. The number of carbonyl (C=O) groups is 2. The van der Waals surface area contributed by atoms with E-state index in [0.717, 1.165) is 55.5 Å². The number of aliphatic hydroxyl groups excluding tert-OH is 1. The van der Waals surface area contributed by atoms with Crippen LogP contribution in [0, 0.1) is 0 Å². The molecule has 1 aliphatic rings. The number of benzene rings is 6. The number of anilines is 2. The standard InChI is InChI=1S/C46H43N3O6S/c1-31(51)48-38-20-24-43(25-21-38)56-30-42-27-44(35-12-10-32(29-50)11-13-35)55-45(54-42)36-16-14-34(15-17-36)37-7-5-6-33(26-37)28-47-46(52)49-39-18-22-41(23-19-39)53-40-8-3-2-4-9-40/h2-26,42,44-45,50H,27-30H2,1H3,(H,48,51)(H2,47,49,52). The molecule has 0 aliphatic carbocycles. The van der Waals surface area contributed by atoms with Crippen molar-refractivity contribution in [2.45, 2.75) is 49.9 Å². The zero-order chi connectivity index (χ0) is 38.7. The third-order valence-electron chi connectivity index (χ3n) is 9.21. The van der Waals surface area contributed by atoms with Crippen molar-refractivity contribution in [1.82, 2.24) is 5.32 Å². The number of urea groups is 1. The van der Waals surface area contributed by atoms with Gasteiger partial charge in [0.1, 0.15) is 11.5 Å². The predicted octanol–water partition coefficient (Wildman–Crippen LogP) is 10.3. The third-order valence-corrected chi connectivity index (χ3v) is 10.4. The Balaban J connectivity index is 0.969. The monoisotopic (exact) mass is 765 g/mol. The Morgan fingerprint density at radius 3 is 2.09 bits per heavy atom. The van der Waals surface area contributed by atoms with Crippen LogP contribution < -0.4 is 20.7 Å². The zero-order valence-electron chi connectivity index (χ0n) is 30.9. The second-order valence-corrected chi connectivity index (χ2v) is 14.5. The topological polar surface area (TPSA) is 118 Å². The summed E-state index contributed by atoms with van der Waals surface area (Å²) >= 11 is 1.70. The van der Waals surface area contributed by atoms with E-state index in [1.165, 1.54) is 6.92 Å². The molecule has 0 aromatic heterocycles. The third kappa shape index (κ3) is 10.6. The highest BCUT2D eigenvalue weighted by Gasteiger charge is 2.32. The highest BCUT2D eigenvalue weighted by atomic mass is 32.2. The summed E-state index contributed by atoms with van der Waals surface area (Å²) < 4.78 is 19.0. The van der Waals surface area contributed by atoms with Crippen molar-refractivity contribution in [3.05, 3.63) is 174 Å². The number of nitrogens with one attached hydrogen (secondary N) is 3. The largest absolute Gasteiger partial charge is 0.457 e. The van der Waals surface area contributed by atoms with Crippen molar-refractivity contribution in [1.29, 1.82) is 0 Å². The van der Waals surface area contributed by atoms with Crippen molar-refractivity contribution in [2.75, 3.05) is 16.4 Å². The first-order valence-corrected chi connectivity index (χ1v) is 19.4. The quantitative estimate of drug-likeness (QED) is 0.0865. The molecule has 6 aromatic rings. The molecule has 1 saturated heterocycles. The highest BCUT2D eigenvalue weighted by Crippen LogP contribution is 2.40. The number of rotatable bonds is 13. The molecular formula is C46H43N3O6S. The minimum absolute atomic E-state index is 0.0137. The minimum Gasteiger partial charge on any atom is -0.457 e. The Morgan fingerprint density at radius 2 is 1.38 bits per heavy atom. The fourth-order valence-corrected chi connectivity index (χ4v) is 7.25. The van der Waals surface area contributed by atoms with Gasteiger partial charge in [-0.3, -0.25) is 4.79 Å². The van der Waals surface area contributed by atoms with Gasteiger partial charge in [0.15, 0.2) is 6.29 Å². The number of amides is 3. The zero-order valence-corrected chi connectivity index (χ0v) is 31.7. The number of para-hydroxylation sites is 1. The molecule has 7 rings (SSSR count). The molecule has 0 saturated carbocycles. The lowest BCUT2D eigenvalue weighted by Crippen LogP contribution is -2.31. The van der Waals surface area contributed by atoms with Gasteiger partial charge in [-0.05, 0) is 94.5 Å². The fraction of sp³-hybridized carbons (Fsp3) is 0.174. The minimum atomic E-state index is -0.574. The summed E-state index contributed by atoms with van der Waals surface area (Å²) in [5, 5.41) is 18.2. The summed E-state index contributed by atoms with van der Waals surface area (Å²) in [7, 11) is 0. The number of thioether (sulfide) groups is 1. The molecule has 1 fully saturated rings. The van der Waals surface area contributed by atoms with E-state index in [0.29, 0.717) is 24.4 Å². The van der Waals surface area contributed by atoms with Crippen LogP contribution in [0.25, 0.3) is 11.1 Å². The van der Waals surface area contributed by atoms with Crippen LogP contribution in [0.2, 0.25) is 0 Å². The normalized spacial score (nSPS) is 16.4. The Morgan fingerprint density at radius 1 is 0.696 bits per heavy atom. The first kappa shape index (κ1) is 38.4. The Bertz CT molecular complexity index is 2200. The smallest absolute Gasteiger partial charge is 0.319 e. The molecule has 3 amide bonds. The van der Waals surface area contributed by atoms with Crippen LogP contribution in [0.3, 0.4) is 0 Å². The van der Waals surface area contributed by atoms with E-state index in [2.05, 4.69) is 34.1 Å². The first-order chi connectivity index (χ1) is 27.4. The molecule has 9 nitrogen and oxygen atoms in total. The van der Waals surface area contributed by atoms with Crippen LogP contribution in [-0.2, 0) is 27.4 Å². The lowest BCUT2D eigenvalue weighted by Gasteiger charge is -2.36. The average Bonchev–Trinajstić information content (AvgIpc) is 3.24. The van der Waals surface area contributed by atoms with Gasteiger partial charge in [-0.2, -0.15) is 0 Å². The molecule has 10 heteroatoms. The fourth-order valence-electron chi connectivity index (χ4n) is 6.33. The van der Waals surface area contributed by atoms with Gasteiger partial charge in [0.2, 0.25) is 5.91 Å². The molecule has 0 radical (unpaired) electrons. The Hall–Kier alpha value is -5.91. The molecule has 56 heavy (non-hydrogen) atoms. The molecule has 6 aromatic carbocycles. The number of hydrogen-bond acceptors (Lipinski definition) is 7. The van der Waals surface area contributed by atoms with Gasteiger partial charge in [-0.15, -0.1) is 11.8 Å².